The van der Waals surface area contributed by atoms with E-state index in [1.54, 1.807) is 18.2 Å². The predicted octanol–water partition coefficient (Wildman–Crippen LogP) is 4.85. The monoisotopic (exact) mass is 519 g/mol. The molecular weight excluding hydrogens is 486 g/mol. The first kappa shape index (κ1) is 28.2. The Morgan fingerprint density at radius 2 is 1.37 bits per heavy atom. The smallest absolute Gasteiger partial charge is 0.328 e. The van der Waals surface area contributed by atoms with Gasteiger partial charge >= 0.3 is 11.9 Å². The Morgan fingerprint density at radius 3 is 1.97 bits per heavy atom. The second kappa shape index (κ2) is 15.0. The molecule has 0 aliphatic heterocycles. The number of rotatable bonds is 14. The molecule has 0 spiro atoms. The Labute approximate surface area is 222 Å². The third-order valence-electron chi connectivity index (χ3n) is 5.83. The van der Waals surface area contributed by atoms with E-state index in [0.29, 0.717) is 31.6 Å². The number of carbonyl (C=O) groups is 3. The fourth-order valence-corrected chi connectivity index (χ4v) is 3.77. The van der Waals surface area contributed by atoms with Gasteiger partial charge in [0, 0.05) is 6.42 Å². The number of unbranched alkanes of at least 4 members (excludes halogenated alkanes) is 1. The average molecular weight is 520 g/mol. The zero-order chi connectivity index (χ0) is 27.2. The van der Waals surface area contributed by atoms with Crippen LogP contribution in [0.1, 0.15) is 47.2 Å². The first-order chi connectivity index (χ1) is 18.5. The lowest BCUT2D eigenvalue weighted by molar-refractivity contribution is -0.143. The summed E-state index contributed by atoms with van der Waals surface area (Å²) < 4.78 is 21.7. The SMILES string of the molecule is COC(=O)CCCCC(NC(=O)c1cccc(OCc2ccccc2)c1OCc1ccccc1)C(=O)OC. The van der Waals surface area contributed by atoms with Crippen molar-refractivity contribution in [2.24, 2.45) is 0 Å². The number of hydrogen-bond donors (Lipinski definition) is 1. The van der Waals surface area contributed by atoms with Gasteiger partial charge in [0.1, 0.15) is 19.3 Å². The van der Waals surface area contributed by atoms with Gasteiger partial charge in [0.15, 0.2) is 11.5 Å². The molecule has 38 heavy (non-hydrogen) atoms. The number of ether oxygens (including phenoxy) is 4. The standard InChI is InChI=1S/C30H33NO7/c1-35-27(32)19-10-9-17-25(30(34)36-2)31-29(33)24-16-11-18-26(37-20-22-12-5-3-6-13-22)28(24)38-21-23-14-7-4-8-15-23/h3-8,11-16,18,25H,9-10,17,19-21H2,1-2H3,(H,31,33). The Bertz CT molecular complexity index is 1180. The van der Waals surface area contributed by atoms with Gasteiger partial charge in [0.05, 0.1) is 19.8 Å². The summed E-state index contributed by atoms with van der Waals surface area (Å²) in [6.07, 6.45) is 1.58. The van der Waals surface area contributed by atoms with E-state index in [1.165, 1.54) is 14.2 Å². The molecular formula is C30H33NO7. The van der Waals surface area contributed by atoms with Crippen LogP contribution in [-0.4, -0.2) is 38.1 Å². The molecule has 200 valence electrons. The van der Waals surface area contributed by atoms with E-state index < -0.39 is 17.9 Å². The number of amides is 1. The summed E-state index contributed by atoms with van der Waals surface area (Å²) >= 11 is 0. The maximum absolute atomic E-state index is 13.4. The highest BCUT2D eigenvalue weighted by molar-refractivity contribution is 5.99. The number of benzene rings is 3. The first-order valence-corrected chi connectivity index (χ1v) is 12.4. The highest BCUT2D eigenvalue weighted by Crippen LogP contribution is 2.33. The summed E-state index contributed by atoms with van der Waals surface area (Å²) in [5.74, 6) is -0.707. The number of methoxy groups -OCH3 is 2. The van der Waals surface area contributed by atoms with Crippen LogP contribution in [0.2, 0.25) is 0 Å². The lowest BCUT2D eigenvalue weighted by atomic mass is 10.1. The summed E-state index contributed by atoms with van der Waals surface area (Å²) in [7, 11) is 2.59. The van der Waals surface area contributed by atoms with Crippen molar-refractivity contribution in [1.82, 2.24) is 5.32 Å². The summed E-state index contributed by atoms with van der Waals surface area (Å²) in [6.45, 7) is 0.513. The van der Waals surface area contributed by atoms with Crippen LogP contribution in [-0.2, 0) is 32.3 Å². The van der Waals surface area contributed by atoms with E-state index in [1.807, 2.05) is 60.7 Å². The number of nitrogens with one attached hydrogen (secondary N) is 1. The maximum atomic E-state index is 13.4. The average Bonchev–Trinajstić information content (AvgIpc) is 2.96. The van der Waals surface area contributed by atoms with E-state index in [9.17, 15) is 14.4 Å². The largest absolute Gasteiger partial charge is 0.485 e. The van der Waals surface area contributed by atoms with Crippen LogP contribution in [0, 0.1) is 0 Å². The normalized spacial score (nSPS) is 11.2. The van der Waals surface area contributed by atoms with Crippen molar-refractivity contribution in [2.75, 3.05) is 14.2 Å². The second-order valence-electron chi connectivity index (χ2n) is 8.55. The van der Waals surface area contributed by atoms with Crippen LogP contribution >= 0.6 is 0 Å². The highest BCUT2D eigenvalue weighted by atomic mass is 16.5. The van der Waals surface area contributed by atoms with Gasteiger partial charge in [-0.1, -0.05) is 73.2 Å². The van der Waals surface area contributed by atoms with Crippen molar-refractivity contribution in [2.45, 2.75) is 44.9 Å². The summed E-state index contributed by atoms with van der Waals surface area (Å²) in [4.78, 5) is 37.2. The van der Waals surface area contributed by atoms with E-state index in [-0.39, 0.29) is 30.3 Å². The molecule has 1 atom stereocenters. The third-order valence-corrected chi connectivity index (χ3v) is 5.83. The Balaban J connectivity index is 1.79. The summed E-state index contributed by atoms with van der Waals surface area (Å²) in [6, 6.07) is 23.4. The second-order valence-corrected chi connectivity index (χ2v) is 8.55. The molecule has 0 aliphatic carbocycles. The van der Waals surface area contributed by atoms with Crippen molar-refractivity contribution >= 4 is 17.8 Å². The van der Waals surface area contributed by atoms with Crippen LogP contribution in [0.3, 0.4) is 0 Å². The number of hydrogen-bond acceptors (Lipinski definition) is 7. The molecule has 0 heterocycles. The van der Waals surface area contributed by atoms with E-state index in [0.717, 1.165) is 11.1 Å². The molecule has 0 bridgehead atoms. The minimum Gasteiger partial charge on any atom is -0.485 e. The van der Waals surface area contributed by atoms with Gasteiger partial charge in [0.2, 0.25) is 0 Å². The van der Waals surface area contributed by atoms with Crippen molar-refractivity contribution in [3.05, 3.63) is 95.6 Å². The van der Waals surface area contributed by atoms with Crippen LogP contribution in [0.4, 0.5) is 0 Å². The van der Waals surface area contributed by atoms with E-state index >= 15 is 0 Å². The minimum atomic E-state index is -0.888. The zero-order valence-electron chi connectivity index (χ0n) is 21.7. The lowest BCUT2D eigenvalue weighted by Gasteiger charge is -2.19. The van der Waals surface area contributed by atoms with Crippen LogP contribution in [0.15, 0.2) is 78.9 Å². The summed E-state index contributed by atoms with van der Waals surface area (Å²) in [5.41, 5.74) is 2.12. The molecule has 8 heteroatoms. The fourth-order valence-electron chi connectivity index (χ4n) is 3.77. The quantitative estimate of drug-likeness (QED) is 0.240. The first-order valence-electron chi connectivity index (χ1n) is 12.4. The molecule has 0 radical (unpaired) electrons. The predicted molar refractivity (Wildman–Crippen MR) is 142 cm³/mol. The molecule has 0 saturated heterocycles. The van der Waals surface area contributed by atoms with Gasteiger partial charge in [-0.05, 0) is 36.1 Å². The van der Waals surface area contributed by atoms with Crippen molar-refractivity contribution in [3.63, 3.8) is 0 Å². The molecule has 1 N–H and O–H groups in total. The molecule has 0 fully saturated rings. The molecule has 0 aliphatic rings. The van der Waals surface area contributed by atoms with Crippen molar-refractivity contribution in [1.29, 1.82) is 0 Å². The lowest BCUT2D eigenvalue weighted by Crippen LogP contribution is -2.41. The number of esters is 2. The van der Waals surface area contributed by atoms with Gasteiger partial charge in [-0.25, -0.2) is 4.79 Å². The van der Waals surface area contributed by atoms with Crippen LogP contribution in [0.25, 0.3) is 0 Å². The summed E-state index contributed by atoms with van der Waals surface area (Å²) in [5, 5.41) is 2.76. The molecule has 0 saturated carbocycles. The molecule has 1 amide bonds. The van der Waals surface area contributed by atoms with Crippen molar-refractivity contribution in [3.8, 4) is 11.5 Å². The zero-order valence-corrected chi connectivity index (χ0v) is 21.7. The van der Waals surface area contributed by atoms with Crippen LogP contribution < -0.4 is 14.8 Å². The molecule has 0 aromatic heterocycles. The molecule has 3 aromatic rings. The van der Waals surface area contributed by atoms with Gasteiger partial charge in [-0.3, -0.25) is 9.59 Å². The van der Waals surface area contributed by atoms with E-state index in [4.69, 9.17) is 14.2 Å². The Kier molecular flexibility index (Phi) is 11.2. The molecule has 8 nitrogen and oxygen atoms in total. The Morgan fingerprint density at radius 1 is 0.737 bits per heavy atom. The van der Waals surface area contributed by atoms with E-state index in [2.05, 4.69) is 10.1 Å². The minimum absolute atomic E-state index is 0.223. The maximum Gasteiger partial charge on any atom is 0.328 e. The van der Waals surface area contributed by atoms with Crippen molar-refractivity contribution < 1.29 is 33.3 Å². The topological polar surface area (TPSA) is 100 Å². The van der Waals surface area contributed by atoms with Crippen LogP contribution in [0.5, 0.6) is 11.5 Å². The Hall–Kier alpha value is -4.33. The molecule has 3 aromatic carbocycles. The molecule has 3 rings (SSSR count). The van der Waals surface area contributed by atoms with Gasteiger partial charge < -0.3 is 24.3 Å². The van der Waals surface area contributed by atoms with Gasteiger partial charge in [0.25, 0.3) is 5.91 Å². The number of carbonyl (C=O) groups excluding carboxylic acids is 3. The van der Waals surface area contributed by atoms with Gasteiger partial charge in [-0.2, -0.15) is 0 Å². The highest BCUT2D eigenvalue weighted by Gasteiger charge is 2.25. The fraction of sp³-hybridized carbons (Fsp3) is 0.300. The third kappa shape index (κ3) is 8.65. The van der Waals surface area contributed by atoms with Gasteiger partial charge in [-0.15, -0.1) is 0 Å². The number of para-hydroxylation sites is 1. The molecule has 1 unspecified atom stereocenters.